The van der Waals surface area contributed by atoms with E-state index in [1.165, 1.54) is 6.07 Å². The molecular formula is C14H13N3O3. The minimum atomic E-state index is -0.501. The van der Waals surface area contributed by atoms with Crippen molar-refractivity contribution < 1.29 is 13.9 Å². The van der Waals surface area contributed by atoms with Crippen molar-refractivity contribution in [3.63, 3.8) is 0 Å². The van der Waals surface area contributed by atoms with E-state index < -0.39 is 5.91 Å². The number of nitrogens with one attached hydrogen (secondary N) is 1. The van der Waals surface area contributed by atoms with Gasteiger partial charge in [-0.1, -0.05) is 6.07 Å². The first kappa shape index (κ1) is 13.6. The number of benzene rings is 1. The molecular weight excluding hydrogens is 258 g/mol. The van der Waals surface area contributed by atoms with Crippen molar-refractivity contribution in [2.75, 3.05) is 0 Å². The highest BCUT2D eigenvalue weighted by Crippen LogP contribution is 2.21. The minimum Gasteiger partial charge on any atom is -0.485 e. The van der Waals surface area contributed by atoms with E-state index in [9.17, 15) is 4.79 Å². The average molecular weight is 271 g/mol. The van der Waals surface area contributed by atoms with E-state index >= 15 is 0 Å². The number of nitriles is 1. The van der Waals surface area contributed by atoms with Gasteiger partial charge in [-0.05, 0) is 36.8 Å². The number of nitrogen functional groups attached to an aromatic ring is 1. The molecule has 0 aliphatic heterocycles. The highest BCUT2D eigenvalue weighted by atomic mass is 16.5. The summed E-state index contributed by atoms with van der Waals surface area (Å²) in [6.45, 7) is 2.04. The zero-order valence-electron chi connectivity index (χ0n) is 10.8. The van der Waals surface area contributed by atoms with Crippen LogP contribution in [0.4, 0.5) is 0 Å². The molecule has 1 aromatic carbocycles. The lowest BCUT2D eigenvalue weighted by atomic mass is 10.1. The summed E-state index contributed by atoms with van der Waals surface area (Å²) < 4.78 is 10.9. The number of carbonyl (C=O) groups excluding carboxylic acids is 1. The van der Waals surface area contributed by atoms with E-state index in [1.54, 1.807) is 18.2 Å². The number of ether oxygens (including phenoxy) is 1. The van der Waals surface area contributed by atoms with Gasteiger partial charge in [-0.3, -0.25) is 10.2 Å². The lowest BCUT2D eigenvalue weighted by molar-refractivity contribution is 0.0922. The first-order valence-electron chi connectivity index (χ1n) is 5.87. The number of aryl methyl sites for hydroxylation is 1. The number of hydrazine groups is 1. The van der Waals surface area contributed by atoms with E-state index in [0.29, 0.717) is 17.1 Å². The Morgan fingerprint density at radius 2 is 2.25 bits per heavy atom. The lowest BCUT2D eigenvalue weighted by Crippen LogP contribution is -2.29. The molecule has 0 bridgehead atoms. The molecule has 6 nitrogen and oxygen atoms in total. The molecule has 3 N–H and O–H groups in total. The van der Waals surface area contributed by atoms with Gasteiger partial charge in [0.25, 0.3) is 0 Å². The van der Waals surface area contributed by atoms with Crippen LogP contribution in [0.15, 0.2) is 34.7 Å². The predicted molar refractivity (Wildman–Crippen MR) is 70.6 cm³/mol. The molecule has 0 spiro atoms. The summed E-state index contributed by atoms with van der Waals surface area (Å²) in [5, 5.41) is 8.85. The maximum absolute atomic E-state index is 11.2. The molecule has 2 rings (SSSR count). The van der Waals surface area contributed by atoms with Gasteiger partial charge in [0.15, 0.2) is 5.76 Å². The summed E-state index contributed by atoms with van der Waals surface area (Å²) in [5.74, 6) is 5.72. The fourth-order valence-corrected chi connectivity index (χ4v) is 1.62. The smallest absolute Gasteiger partial charge is 0.300 e. The maximum atomic E-state index is 11.2. The second kappa shape index (κ2) is 5.91. The van der Waals surface area contributed by atoms with Gasteiger partial charge < -0.3 is 9.15 Å². The second-order valence-corrected chi connectivity index (χ2v) is 4.12. The van der Waals surface area contributed by atoms with Gasteiger partial charge in [-0.15, -0.1) is 0 Å². The van der Waals surface area contributed by atoms with Crippen LogP contribution < -0.4 is 16.0 Å². The van der Waals surface area contributed by atoms with Crippen molar-refractivity contribution >= 4 is 5.91 Å². The SMILES string of the molecule is Cc1ccc(C#N)cc1OCc1ccc(C(=O)NN)o1. The van der Waals surface area contributed by atoms with Crippen LogP contribution in [0.25, 0.3) is 0 Å². The van der Waals surface area contributed by atoms with Crippen LogP contribution in [-0.2, 0) is 6.61 Å². The Labute approximate surface area is 115 Å². The summed E-state index contributed by atoms with van der Waals surface area (Å²) in [5.41, 5.74) is 3.42. The van der Waals surface area contributed by atoms with E-state index in [0.717, 1.165) is 5.56 Å². The molecule has 0 saturated heterocycles. The molecule has 0 aliphatic rings. The van der Waals surface area contributed by atoms with Crippen molar-refractivity contribution in [1.29, 1.82) is 5.26 Å². The number of amides is 1. The van der Waals surface area contributed by atoms with Gasteiger partial charge >= 0.3 is 5.91 Å². The van der Waals surface area contributed by atoms with Crippen LogP contribution in [0.5, 0.6) is 5.75 Å². The van der Waals surface area contributed by atoms with Gasteiger partial charge in [-0.25, -0.2) is 5.84 Å². The number of furan rings is 1. The molecule has 1 aromatic heterocycles. The highest BCUT2D eigenvalue weighted by Gasteiger charge is 2.10. The summed E-state index contributed by atoms with van der Waals surface area (Å²) in [6, 6.07) is 10.4. The average Bonchev–Trinajstić information content (AvgIpc) is 2.94. The van der Waals surface area contributed by atoms with Crippen LogP contribution >= 0.6 is 0 Å². The number of carbonyl (C=O) groups is 1. The van der Waals surface area contributed by atoms with Crippen LogP contribution in [-0.4, -0.2) is 5.91 Å². The van der Waals surface area contributed by atoms with Crippen molar-refractivity contribution in [2.24, 2.45) is 5.84 Å². The molecule has 0 aliphatic carbocycles. The van der Waals surface area contributed by atoms with Gasteiger partial charge in [0.2, 0.25) is 0 Å². The zero-order valence-corrected chi connectivity index (χ0v) is 10.8. The Kier molecular flexibility index (Phi) is 4.03. The number of nitrogens with zero attached hydrogens (tertiary/aromatic N) is 1. The van der Waals surface area contributed by atoms with Crippen LogP contribution in [0.2, 0.25) is 0 Å². The summed E-state index contributed by atoms with van der Waals surface area (Å²) in [6.07, 6.45) is 0. The number of hydrogen-bond donors (Lipinski definition) is 2. The Bertz CT molecular complexity index is 671. The molecule has 0 unspecified atom stereocenters. The van der Waals surface area contributed by atoms with Crippen LogP contribution in [0.1, 0.15) is 27.4 Å². The molecule has 0 fully saturated rings. The van der Waals surface area contributed by atoms with Gasteiger partial charge in [0.05, 0.1) is 11.6 Å². The molecule has 20 heavy (non-hydrogen) atoms. The highest BCUT2D eigenvalue weighted by molar-refractivity contribution is 5.90. The normalized spacial score (nSPS) is 9.85. The molecule has 1 amide bonds. The third-order valence-corrected chi connectivity index (χ3v) is 2.70. The maximum Gasteiger partial charge on any atom is 0.300 e. The number of hydrogen-bond acceptors (Lipinski definition) is 5. The molecule has 6 heteroatoms. The largest absolute Gasteiger partial charge is 0.485 e. The number of rotatable bonds is 4. The van der Waals surface area contributed by atoms with Gasteiger partial charge in [-0.2, -0.15) is 5.26 Å². The summed E-state index contributed by atoms with van der Waals surface area (Å²) in [4.78, 5) is 11.2. The van der Waals surface area contributed by atoms with Crippen LogP contribution in [0.3, 0.4) is 0 Å². The van der Waals surface area contributed by atoms with E-state index in [2.05, 4.69) is 0 Å². The summed E-state index contributed by atoms with van der Waals surface area (Å²) >= 11 is 0. The predicted octanol–water partition coefficient (Wildman–Crippen LogP) is 1.64. The van der Waals surface area contributed by atoms with Crippen molar-refractivity contribution in [2.45, 2.75) is 13.5 Å². The van der Waals surface area contributed by atoms with Crippen molar-refractivity contribution in [3.8, 4) is 11.8 Å². The summed E-state index contributed by atoms with van der Waals surface area (Å²) in [7, 11) is 0. The lowest BCUT2D eigenvalue weighted by Gasteiger charge is -2.07. The van der Waals surface area contributed by atoms with E-state index in [4.69, 9.17) is 20.3 Å². The Hall–Kier alpha value is -2.78. The zero-order chi connectivity index (χ0) is 14.5. The quantitative estimate of drug-likeness (QED) is 0.500. The Morgan fingerprint density at radius 3 is 2.95 bits per heavy atom. The van der Waals surface area contributed by atoms with Crippen LogP contribution in [0, 0.1) is 18.3 Å². The fourth-order valence-electron chi connectivity index (χ4n) is 1.62. The Balaban J connectivity index is 2.07. The van der Waals surface area contributed by atoms with Crippen molar-refractivity contribution in [1.82, 2.24) is 5.43 Å². The van der Waals surface area contributed by atoms with Gasteiger partial charge in [0.1, 0.15) is 18.1 Å². The molecule has 1 heterocycles. The van der Waals surface area contributed by atoms with E-state index in [1.807, 2.05) is 24.5 Å². The third-order valence-electron chi connectivity index (χ3n) is 2.70. The first-order chi connectivity index (χ1) is 9.63. The molecule has 102 valence electrons. The molecule has 0 atom stereocenters. The topological polar surface area (TPSA) is 101 Å². The second-order valence-electron chi connectivity index (χ2n) is 4.12. The molecule has 0 radical (unpaired) electrons. The standard InChI is InChI=1S/C14H13N3O3/c1-9-2-3-10(7-15)6-13(9)19-8-11-4-5-12(20-11)14(18)17-16/h2-6H,8,16H2,1H3,(H,17,18). The number of nitrogens with two attached hydrogens (primary N) is 1. The Morgan fingerprint density at radius 1 is 1.45 bits per heavy atom. The molecule has 0 saturated carbocycles. The third kappa shape index (κ3) is 2.96. The van der Waals surface area contributed by atoms with Crippen molar-refractivity contribution in [3.05, 3.63) is 53.0 Å². The molecule has 2 aromatic rings. The van der Waals surface area contributed by atoms with Gasteiger partial charge in [0, 0.05) is 0 Å². The fraction of sp³-hybridized carbons (Fsp3) is 0.143. The van der Waals surface area contributed by atoms with E-state index in [-0.39, 0.29) is 12.4 Å². The monoisotopic (exact) mass is 271 g/mol. The first-order valence-corrected chi connectivity index (χ1v) is 5.87. The minimum absolute atomic E-state index is 0.119.